The normalized spacial score (nSPS) is 18.5. The third kappa shape index (κ3) is 1.80. The van der Waals surface area contributed by atoms with Crippen LogP contribution in [-0.4, -0.2) is 17.0 Å². The fourth-order valence-electron chi connectivity index (χ4n) is 1.67. The second-order valence-electron chi connectivity index (χ2n) is 3.37. The van der Waals surface area contributed by atoms with E-state index in [-0.39, 0.29) is 12.3 Å². The van der Waals surface area contributed by atoms with Crippen LogP contribution in [0.25, 0.3) is 0 Å². The third-order valence-corrected chi connectivity index (χ3v) is 2.58. The van der Waals surface area contributed by atoms with Gasteiger partial charge in [-0.1, -0.05) is 11.6 Å². The summed E-state index contributed by atoms with van der Waals surface area (Å²) >= 11 is 5.79. The van der Waals surface area contributed by atoms with Crippen LogP contribution in [0.3, 0.4) is 0 Å². The number of carbonyl (C=O) groups is 2. The minimum atomic E-state index is -0.997. The van der Waals surface area contributed by atoms with E-state index >= 15 is 0 Å². The number of fused-ring (bicyclic) bond motifs is 1. The Labute approximate surface area is 90.9 Å². The van der Waals surface area contributed by atoms with Crippen molar-refractivity contribution in [3.63, 3.8) is 0 Å². The van der Waals surface area contributed by atoms with Crippen molar-refractivity contribution in [1.82, 2.24) is 0 Å². The van der Waals surface area contributed by atoms with Crippen LogP contribution in [-0.2, 0) is 9.59 Å². The van der Waals surface area contributed by atoms with Crippen LogP contribution >= 0.6 is 11.6 Å². The minimum absolute atomic E-state index is 0.209. The van der Waals surface area contributed by atoms with Crippen LogP contribution in [0.5, 0.6) is 0 Å². The maximum atomic E-state index is 11.5. The molecule has 0 aromatic heterocycles. The first-order chi connectivity index (χ1) is 7.08. The van der Waals surface area contributed by atoms with Gasteiger partial charge in [0.15, 0.2) is 0 Å². The molecule has 4 nitrogen and oxygen atoms in total. The lowest BCUT2D eigenvalue weighted by Gasteiger charge is -2.04. The van der Waals surface area contributed by atoms with E-state index in [0.29, 0.717) is 16.3 Å². The van der Waals surface area contributed by atoms with E-state index in [1.54, 1.807) is 18.2 Å². The Hall–Kier alpha value is -1.55. The van der Waals surface area contributed by atoms with E-state index in [1.807, 2.05) is 0 Å². The summed E-state index contributed by atoms with van der Waals surface area (Å²) in [4.78, 5) is 22.0. The number of rotatable bonds is 2. The van der Waals surface area contributed by atoms with Crippen LogP contribution in [0.2, 0.25) is 5.02 Å². The molecule has 0 saturated carbocycles. The fourth-order valence-corrected chi connectivity index (χ4v) is 1.85. The number of benzene rings is 1. The van der Waals surface area contributed by atoms with E-state index in [1.165, 1.54) is 0 Å². The molecule has 0 unspecified atom stereocenters. The van der Waals surface area contributed by atoms with Gasteiger partial charge in [-0.25, -0.2) is 0 Å². The van der Waals surface area contributed by atoms with Crippen molar-refractivity contribution in [3.8, 4) is 0 Å². The Morgan fingerprint density at radius 3 is 2.93 bits per heavy atom. The Bertz CT molecular complexity index is 444. The number of carboxylic acid groups (broad SMARTS) is 1. The topological polar surface area (TPSA) is 66.4 Å². The van der Waals surface area contributed by atoms with Crippen LogP contribution < -0.4 is 5.32 Å². The number of hydrogen-bond acceptors (Lipinski definition) is 2. The molecule has 2 N–H and O–H groups in total. The molecular weight excluding hydrogens is 218 g/mol. The molecule has 1 aromatic rings. The fraction of sp³-hybridized carbons (Fsp3) is 0.200. The van der Waals surface area contributed by atoms with E-state index in [0.717, 1.165) is 0 Å². The molecule has 78 valence electrons. The molecule has 2 rings (SSSR count). The highest BCUT2D eigenvalue weighted by atomic mass is 35.5. The van der Waals surface area contributed by atoms with Gasteiger partial charge >= 0.3 is 5.97 Å². The Morgan fingerprint density at radius 1 is 1.53 bits per heavy atom. The monoisotopic (exact) mass is 225 g/mol. The van der Waals surface area contributed by atoms with Gasteiger partial charge in [0.1, 0.15) is 0 Å². The maximum Gasteiger partial charge on any atom is 0.304 e. The zero-order chi connectivity index (χ0) is 11.0. The van der Waals surface area contributed by atoms with Gasteiger partial charge in [-0.2, -0.15) is 0 Å². The van der Waals surface area contributed by atoms with Crippen molar-refractivity contribution in [1.29, 1.82) is 0 Å². The average Bonchev–Trinajstić information content (AvgIpc) is 2.43. The predicted octanol–water partition coefficient (Wildman–Crippen LogP) is 1.85. The summed E-state index contributed by atoms with van der Waals surface area (Å²) < 4.78 is 0. The van der Waals surface area contributed by atoms with Crippen molar-refractivity contribution in [2.45, 2.75) is 12.3 Å². The Kier molecular flexibility index (Phi) is 2.36. The van der Waals surface area contributed by atoms with Crippen LogP contribution in [0.4, 0.5) is 5.69 Å². The molecule has 0 aliphatic carbocycles. The van der Waals surface area contributed by atoms with Gasteiger partial charge in [-0.05, 0) is 23.8 Å². The lowest BCUT2D eigenvalue weighted by molar-refractivity contribution is -0.138. The van der Waals surface area contributed by atoms with Gasteiger partial charge in [0.25, 0.3) is 0 Å². The summed E-state index contributed by atoms with van der Waals surface area (Å²) in [5.74, 6) is -1.91. The number of carbonyl (C=O) groups excluding carboxylic acids is 1. The molecule has 5 heteroatoms. The summed E-state index contributed by atoms with van der Waals surface area (Å²) in [6, 6.07) is 4.96. The summed E-state index contributed by atoms with van der Waals surface area (Å²) in [6.07, 6.45) is -0.209. The van der Waals surface area contributed by atoms with E-state index in [4.69, 9.17) is 16.7 Å². The van der Waals surface area contributed by atoms with Crippen molar-refractivity contribution in [2.75, 3.05) is 5.32 Å². The Morgan fingerprint density at radius 2 is 2.27 bits per heavy atom. The van der Waals surface area contributed by atoms with E-state index < -0.39 is 11.9 Å². The van der Waals surface area contributed by atoms with E-state index in [2.05, 4.69) is 5.32 Å². The van der Waals surface area contributed by atoms with Crippen molar-refractivity contribution >= 4 is 29.2 Å². The molecule has 0 saturated heterocycles. The number of halogens is 1. The highest BCUT2D eigenvalue weighted by Crippen LogP contribution is 2.36. The Balaban J connectivity index is 2.39. The standard InChI is InChI=1S/C10H8ClNO3/c11-5-1-2-8-6(3-5)7(4-9(13)14)10(15)12-8/h1-3,7H,4H2,(H,12,15)(H,13,14)/t7-/m0/s1. The highest BCUT2D eigenvalue weighted by molar-refractivity contribution is 6.31. The maximum absolute atomic E-state index is 11.5. The number of aliphatic carboxylic acids is 1. The summed E-state index contributed by atoms with van der Waals surface area (Å²) in [5.41, 5.74) is 1.31. The molecule has 1 atom stereocenters. The van der Waals surface area contributed by atoms with Crippen molar-refractivity contribution in [3.05, 3.63) is 28.8 Å². The van der Waals surface area contributed by atoms with E-state index in [9.17, 15) is 9.59 Å². The lowest BCUT2D eigenvalue weighted by Crippen LogP contribution is -2.15. The number of hydrogen-bond donors (Lipinski definition) is 2. The summed E-state index contributed by atoms with van der Waals surface area (Å²) in [5, 5.41) is 11.8. The third-order valence-electron chi connectivity index (χ3n) is 2.34. The first-order valence-electron chi connectivity index (χ1n) is 4.40. The second-order valence-corrected chi connectivity index (χ2v) is 3.81. The minimum Gasteiger partial charge on any atom is -0.481 e. The molecule has 15 heavy (non-hydrogen) atoms. The highest BCUT2D eigenvalue weighted by Gasteiger charge is 2.32. The molecular formula is C10H8ClNO3. The van der Waals surface area contributed by atoms with Crippen molar-refractivity contribution in [2.24, 2.45) is 0 Å². The largest absolute Gasteiger partial charge is 0.481 e. The van der Waals surface area contributed by atoms with Gasteiger partial charge in [0, 0.05) is 10.7 Å². The van der Waals surface area contributed by atoms with Gasteiger partial charge in [-0.3, -0.25) is 9.59 Å². The van der Waals surface area contributed by atoms with Crippen LogP contribution in [0, 0.1) is 0 Å². The molecule has 1 heterocycles. The molecule has 0 radical (unpaired) electrons. The first kappa shape index (κ1) is 9.98. The van der Waals surface area contributed by atoms with Gasteiger partial charge in [0.05, 0.1) is 12.3 Å². The first-order valence-corrected chi connectivity index (χ1v) is 4.78. The average molecular weight is 226 g/mol. The number of nitrogens with one attached hydrogen (secondary N) is 1. The quantitative estimate of drug-likeness (QED) is 0.807. The zero-order valence-corrected chi connectivity index (χ0v) is 8.41. The molecule has 1 aromatic carbocycles. The molecule has 1 aliphatic heterocycles. The van der Waals surface area contributed by atoms with Gasteiger partial charge < -0.3 is 10.4 Å². The SMILES string of the molecule is O=C(O)C[C@@H]1C(=O)Nc2ccc(Cl)cc21. The van der Waals surface area contributed by atoms with Crippen LogP contribution in [0.1, 0.15) is 17.9 Å². The molecule has 1 aliphatic rings. The summed E-state index contributed by atoms with van der Waals surface area (Å²) in [6.45, 7) is 0. The lowest BCUT2D eigenvalue weighted by atomic mass is 9.97. The summed E-state index contributed by atoms with van der Waals surface area (Å²) in [7, 11) is 0. The smallest absolute Gasteiger partial charge is 0.304 e. The number of carboxylic acids is 1. The van der Waals surface area contributed by atoms with Crippen molar-refractivity contribution < 1.29 is 14.7 Å². The van der Waals surface area contributed by atoms with Gasteiger partial charge in [-0.15, -0.1) is 0 Å². The zero-order valence-electron chi connectivity index (χ0n) is 7.66. The number of amides is 1. The van der Waals surface area contributed by atoms with Gasteiger partial charge in [0.2, 0.25) is 5.91 Å². The van der Waals surface area contributed by atoms with Crippen LogP contribution in [0.15, 0.2) is 18.2 Å². The molecule has 0 spiro atoms. The second kappa shape index (κ2) is 3.55. The number of anilines is 1. The predicted molar refractivity (Wildman–Crippen MR) is 55.1 cm³/mol. The molecule has 1 amide bonds. The molecule has 0 fully saturated rings. The molecule has 0 bridgehead atoms.